The Kier molecular flexibility index (Phi) is 6.72. The molecule has 0 saturated carbocycles. The van der Waals surface area contributed by atoms with E-state index in [0.717, 1.165) is 6.07 Å². The van der Waals surface area contributed by atoms with Gasteiger partial charge in [0.05, 0.1) is 24.0 Å². The second-order valence-electron chi connectivity index (χ2n) is 8.47. The van der Waals surface area contributed by atoms with Crippen LogP contribution in [0.5, 0.6) is 17.4 Å². The Labute approximate surface area is 220 Å². The van der Waals surface area contributed by atoms with Crippen LogP contribution in [0.1, 0.15) is 21.9 Å². The molecular formula is C28H21F2N5O4. The zero-order chi connectivity index (χ0) is 27.7. The minimum Gasteiger partial charge on any atom is -0.481 e. The van der Waals surface area contributed by atoms with Crippen molar-refractivity contribution in [3.63, 3.8) is 0 Å². The third-order valence-electron chi connectivity index (χ3n) is 5.88. The Hall–Kier alpha value is -5.19. The quantitative estimate of drug-likeness (QED) is 0.325. The average Bonchev–Trinajstić information content (AvgIpc) is 2.91. The van der Waals surface area contributed by atoms with E-state index in [1.807, 2.05) is 0 Å². The molecule has 5 aromatic rings. The maximum absolute atomic E-state index is 15.0. The van der Waals surface area contributed by atoms with Gasteiger partial charge in [-0.1, -0.05) is 0 Å². The predicted molar refractivity (Wildman–Crippen MR) is 140 cm³/mol. The third kappa shape index (κ3) is 5.01. The lowest BCUT2D eigenvalue weighted by atomic mass is 10.2. The number of halogens is 2. The molecule has 0 spiro atoms. The van der Waals surface area contributed by atoms with Gasteiger partial charge in [-0.3, -0.25) is 19.1 Å². The number of benzene rings is 2. The van der Waals surface area contributed by atoms with E-state index < -0.39 is 23.1 Å². The first-order valence-corrected chi connectivity index (χ1v) is 11.7. The number of methoxy groups -OCH3 is 1. The molecule has 0 aliphatic heterocycles. The number of nitrogens with one attached hydrogen (secondary N) is 1. The van der Waals surface area contributed by atoms with Crippen molar-refractivity contribution in [1.29, 1.82) is 0 Å². The Morgan fingerprint density at radius 1 is 0.949 bits per heavy atom. The maximum Gasteiger partial charge on any atom is 0.271 e. The van der Waals surface area contributed by atoms with Crippen molar-refractivity contribution < 1.29 is 23.0 Å². The highest BCUT2D eigenvalue weighted by molar-refractivity contribution is 6.04. The maximum atomic E-state index is 15.0. The molecule has 0 bridgehead atoms. The minimum atomic E-state index is -0.773. The zero-order valence-electron chi connectivity index (χ0n) is 21.0. The summed E-state index contributed by atoms with van der Waals surface area (Å²) in [4.78, 5) is 39.2. The second kappa shape index (κ2) is 10.3. The van der Waals surface area contributed by atoms with Gasteiger partial charge in [0.1, 0.15) is 22.7 Å². The number of aromatic nitrogens is 4. The number of aryl methyl sites for hydroxylation is 2. The molecule has 0 unspecified atom stereocenters. The van der Waals surface area contributed by atoms with Crippen molar-refractivity contribution in [2.75, 3.05) is 12.4 Å². The van der Waals surface area contributed by atoms with Gasteiger partial charge in [-0.05, 0) is 56.3 Å². The SMILES string of the molecule is COc1ccc2nccc(Oc3ccc(NC(=O)c4c(C)nc(C)n(-c5ccc(F)cc5)c4=O)cc3F)c2n1. The number of carbonyl (C=O) groups excluding carboxylic acids is 1. The van der Waals surface area contributed by atoms with E-state index >= 15 is 4.39 Å². The van der Waals surface area contributed by atoms with Gasteiger partial charge in [0.2, 0.25) is 5.88 Å². The summed E-state index contributed by atoms with van der Waals surface area (Å²) >= 11 is 0. The predicted octanol–water partition coefficient (Wildman–Crippen LogP) is 5.12. The minimum absolute atomic E-state index is 0.0944. The number of carbonyl (C=O) groups is 1. The molecule has 5 rings (SSSR count). The van der Waals surface area contributed by atoms with Gasteiger partial charge in [0.25, 0.3) is 11.5 Å². The van der Waals surface area contributed by atoms with Crippen molar-refractivity contribution in [3.8, 4) is 23.1 Å². The van der Waals surface area contributed by atoms with Crippen LogP contribution in [0.2, 0.25) is 0 Å². The molecule has 3 aromatic heterocycles. The molecule has 0 radical (unpaired) electrons. The molecule has 1 amide bonds. The van der Waals surface area contributed by atoms with Crippen molar-refractivity contribution in [3.05, 3.63) is 106 Å². The summed E-state index contributed by atoms with van der Waals surface area (Å²) < 4.78 is 40.5. The van der Waals surface area contributed by atoms with Crippen molar-refractivity contribution >= 4 is 22.6 Å². The van der Waals surface area contributed by atoms with Crippen LogP contribution in [0.4, 0.5) is 14.5 Å². The van der Waals surface area contributed by atoms with E-state index in [-0.39, 0.29) is 28.4 Å². The normalized spacial score (nSPS) is 10.9. The molecule has 196 valence electrons. The van der Waals surface area contributed by atoms with Gasteiger partial charge in [-0.2, -0.15) is 0 Å². The number of ether oxygens (including phenoxy) is 2. The molecule has 0 fully saturated rings. The van der Waals surface area contributed by atoms with Crippen LogP contribution in [0.15, 0.2) is 71.7 Å². The van der Waals surface area contributed by atoms with E-state index in [9.17, 15) is 14.0 Å². The van der Waals surface area contributed by atoms with Gasteiger partial charge in [-0.15, -0.1) is 0 Å². The van der Waals surface area contributed by atoms with Crippen LogP contribution in [-0.2, 0) is 0 Å². The highest BCUT2D eigenvalue weighted by Crippen LogP contribution is 2.31. The van der Waals surface area contributed by atoms with Gasteiger partial charge < -0.3 is 14.8 Å². The molecule has 39 heavy (non-hydrogen) atoms. The number of rotatable bonds is 6. The lowest BCUT2D eigenvalue weighted by Crippen LogP contribution is -2.32. The molecule has 2 aromatic carbocycles. The Morgan fingerprint density at radius 3 is 2.44 bits per heavy atom. The summed E-state index contributed by atoms with van der Waals surface area (Å²) in [5.74, 6) is -1.19. The average molecular weight is 530 g/mol. The zero-order valence-corrected chi connectivity index (χ0v) is 21.0. The van der Waals surface area contributed by atoms with Gasteiger partial charge in [-0.25, -0.2) is 18.7 Å². The Morgan fingerprint density at radius 2 is 1.72 bits per heavy atom. The van der Waals surface area contributed by atoms with E-state index in [4.69, 9.17) is 9.47 Å². The smallest absolute Gasteiger partial charge is 0.271 e. The van der Waals surface area contributed by atoms with Crippen molar-refractivity contribution in [2.24, 2.45) is 0 Å². The summed E-state index contributed by atoms with van der Waals surface area (Å²) in [5, 5.41) is 2.54. The number of fused-ring (bicyclic) bond motifs is 1. The summed E-state index contributed by atoms with van der Waals surface area (Å²) in [7, 11) is 1.48. The molecule has 0 aliphatic carbocycles. The first-order valence-electron chi connectivity index (χ1n) is 11.7. The monoisotopic (exact) mass is 529 g/mol. The first-order chi connectivity index (χ1) is 18.7. The standard InChI is InChI=1S/C28H21F2N5O4/c1-15-25(28(37)35(16(2)32-15)19-7-4-17(29)5-8-19)27(36)33-18-6-10-22(20(30)14-18)39-23-12-13-31-21-9-11-24(38-3)34-26(21)23/h4-14H,1-3H3,(H,33,36). The molecular weight excluding hydrogens is 508 g/mol. The van der Waals surface area contributed by atoms with Crippen LogP contribution in [0.25, 0.3) is 16.7 Å². The number of amides is 1. The van der Waals surface area contributed by atoms with E-state index in [2.05, 4.69) is 20.3 Å². The van der Waals surface area contributed by atoms with Crippen molar-refractivity contribution in [1.82, 2.24) is 19.5 Å². The van der Waals surface area contributed by atoms with Gasteiger partial charge >= 0.3 is 0 Å². The fourth-order valence-corrected chi connectivity index (χ4v) is 4.07. The molecule has 9 nitrogen and oxygen atoms in total. The van der Waals surface area contributed by atoms with Gasteiger partial charge in [0.15, 0.2) is 17.3 Å². The number of anilines is 1. The molecule has 1 N–H and O–H groups in total. The number of nitrogens with zero attached hydrogens (tertiary/aromatic N) is 4. The van der Waals surface area contributed by atoms with Crippen LogP contribution in [-0.4, -0.2) is 32.5 Å². The van der Waals surface area contributed by atoms with Crippen LogP contribution in [0, 0.1) is 25.5 Å². The number of pyridine rings is 2. The third-order valence-corrected chi connectivity index (χ3v) is 5.88. The van der Waals surface area contributed by atoms with E-state index in [1.54, 1.807) is 25.1 Å². The molecule has 0 saturated heterocycles. The molecule has 3 heterocycles. The van der Waals surface area contributed by atoms with Crippen LogP contribution < -0.4 is 20.3 Å². The largest absolute Gasteiger partial charge is 0.481 e. The highest BCUT2D eigenvalue weighted by atomic mass is 19.1. The lowest BCUT2D eigenvalue weighted by molar-refractivity contribution is 0.102. The fourth-order valence-electron chi connectivity index (χ4n) is 4.07. The molecule has 0 atom stereocenters. The molecule has 11 heteroatoms. The highest BCUT2D eigenvalue weighted by Gasteiger charge is 2.21. The number of hydrogen-bond acceptors (Lipinski definition) is 7. The topological polar surface area (TPSA) is 108 Å². The van der Waals surface area contributed by atoms with Crippen LogP contribution >= 0.6 is 0 Å². The second-order valence-corrected chi connectivity index (χ2v) is 8.47. The Bertz CT molecular complexity index is 1790. The first kappa shape index (κ1) is 25.5. The van der Waals surface area contributed by atoms with Crippen LogP contribution in [0.3, 0.4) is 0 Å². The summed E-state index contributed by atoms with van der Waals surface area (Å²) in [5.41, 5.74) is 0.687. The summed E-state index contributed by atoms with van der Waals surface area (Å²) in [6.45, 7) is 3.13. The summed E-state index contributed by atoms with van der Waals surface area (Å²) in [6.07, 6.45) is 1.51. The summed E-state index contributed by atoms with van der Waals surface area (Å²) in [6, 6.07) is 14.0. The number of hydrogen-bond donors (Lipinski definition) is 1. The lowest BCUT2D eigenvalue weighted by Gasteiger charge is -2.14. The Balaban J connectivity index is 1.42. The van der Waals surface area contributed by atoms with Gasteiger partial charge in [0, 0.05) is 30.1 Å². The van der Waals surface area contributed by atoms with E-state index in [1.165, 1.54) is 61.2 Å². The fraction of sp³-hybridized carbons (Fsp3) is 0.107. The molecule has 0 aliphatic rings. The van der Waals surface area contributed by atoms with E-state index in [0.29, 0.717) is 28.4 Å². The van der Waals surface area contributed by atoms with Crippen molar-refractivity contribution in [2.45, 2.75) is 13.8 Å².